The molecule has 7 heteroatoms. The number of hydrogen-bond donors (Lipinski definition) is 1. The molecule has 0 spiro atoms. The van der Waals surface area contributed by atoms with E-state index < -0.39 is 23.7 Å². The molecule has 0 aliphatic carbocycles. The van der Waals surface area contributed by atoms with Crippen LogP contribution in [-0.4, -0.2) is 29.2 Å². The van der Waals surface area contributed by atoms with E-state index in [1.807, 2.05) is 12.1 Å². The fourth-order valence-electron chi connectivity index (χ4n) is 3.97. The molecule has 0 saturated carbocycles. The van der Waals surface area contributed by atoms with Crippen molar-refractivity contribution < 1.29 is 22.7 Å². The zero-order valence-electron chi connectivity index (χ0n) is 17.7. The van der Waals surface area contributed by atoms with Gasteiger partial charge in [0.1, 0.15) is 5.75 Å². The summed E-state index contributed by atoms with van der Waals surface area (Å²) < 4.78 is 48.3. The molecule has 0 bridgehead atoms. The molecule has 1 unspecified atom stereocenters. The molecule has 1 amide bonds. The van der Waals surface area contributed by atoms with Crippen molar-refractivity contribution >= 4 is 16.7 Å². The lowest BCUT2D eigenvalue weighted by Gasteiger charge is -2.38. The minimum absolute atomic E-state index is 0.0132. The number of hydrogen-bond acceptors (Lipinski definition) is 3. The molecule has 1 aliphatic rings. The average Bonchev–Trinajstić information content (AvgIpc) is 2.92. The number of amides is 1. The summed E-state index contributed by atoms with van der Waals surface area (Å²) in [6.45, 7) is 5.93. The first kappa shape index (κ1) is 22.4. The highest BCUT2D eigenvalue weighted by molar-refractivity contribution is 5.89. The summed E-state index contributed by atoms with van der Waals surface area (Å²) in [5.74, 6) is 0.169. The molecule has 0 aromatic heterocycles. The fourth-order valence-corrected chi connectivity index (χ4v) is 3.97. The van der Waals surface area contributed by atoms with Crippen molar-refractivity contribution in [3.8, 4) is 5.75 Å². The van der Waals surface area contributed by atoms with Crippen LogP contribution < -0.4 is 10.2 Å². The Morgan fingerprint density at radius 2 is 1.93 bits per heavy atom. The highest BCUT2D eigenvalue weighted by Gasteiger charge is 2.53. The van der Waals surface area contributed by atoms with E-state index in [1.54, 1.807) is 26.0 Å². The molecule has 1 aliphatic heterocycles. The quantitative estimate of drug-likeness (QED) is 0.537. The van der Waals surface area contributed by atoms with Crippen molar-refractivity contribution in [3.05, 3.63) is 42.0 Å². The third-order valence-corrected chi connectivity index (χ3v) is 5.50. The lowest BCUT2D eigenvalue weighted by molar-refractivity contribution is -0.203. The number of ether oxygens (including phenoxy) is 1. The highest BCUT2D eigenvalue weighted by Crippen LogP contribution is 2.43. The Hall–Kier alpha value is -2.28. The Labute approximate surface area is 175 Å². The standard InChI is InChI=1S/C23H29F3N2O2/c1-4-5-6-7-13-30-19-10-8-9-16-11-12-17(14-18(16)19)21(23(24,25)26)28-22(2,3)15-20(29)27-28/h8-12,14,21H,4-7,13,15H2,1-3H3,(H,27,29). The Bertz CT molecular complexity index is 896. The summed E-state index contributed by atoms with van der Waals surface area (Å²) >= 11 is 0. The average molecular weight is 422 g/mol. The number of nitrogens with zero attached hydrogens (tertiary/aromatic N) is 1. The van der Waals surface area contributed by atoms with Crippen molar-refractivity contribution in [2.24, 2.45) is 0 Å². The lowest BCUT2D eigenvalue weighted by atomic mass is 9.95. The minimum Gasteiger partial charge on any atom is -0.493 e. The van der Waals surface area contributed by atoms with E-state index in [1.165, 1.54) is 12.1 Å². The van der Waals surface area contributed by atoms with Gasteiger partial charge >= 0.3 is 6.18 Å². The molecule has 164 valence electrons. The van der Waals surface area contributed by atoms with Gasteiger partial charge in [0.25, 0.3) is 0 Å². The summed E-state index contributed by atoms with van der Waals surface area (Å²) in [5, 5.41) is 2.49. The molecule has 30 heavy (non-hydrogen) atoms. The second-order valence-electron chi connectivity index (χ2n) is 8.48. The van der Waals surface area contributed by atoms with Crippen LogP contribution in [0.25, 0.3) is 10.8 Å². The number of fused-ring (bicyclic) bond motifs is 1. The van der Waals surface area contributed by atoms with Gasteiger partial charge in [-0.15, -0.1) is 0 Å². The van der Waals surface area contributed by atoms with E-state index >= 15 is 0 Å². The normalized spacial score (nSPS) is 17.9. The summed E-state index contributed by atoms with van der Waals surface area (Å²) in [7, 11) is 0. The zero-order valence-corrected chi connectivity index (χ0v) is 17.7. The lowest BCUT2D eigenvalue weighted by Crippen LogP contribution is -2.51. The summed E-state index contributed by atoms with van der Waals surface area (Å²) in [5.41, 5.74) is 1.53. The number of carbonyl (C=O) groups excluding carboxylic acids is 1. The Morgan fingerprint density at radius 3 is 2.57 bits per heavy atom. The van der Waals surface area contributed by atoms with Crippen molar-refractivity contribution in [2.75, 3.05) is 6.61 Å². The third-order valence-electron chi connectivity index (χ3n) is 5.50. The van der Waals surface area contributed by atoms with Crippen LogP contribution in [0.1, 0.15) is 64.5 Å². The van der Waals surface area contributed by atoms with Crippen molar-refractivity contribution in [2.45, 2.75) is 70.6 Å². The van der Waals surface area contributed by atoms with Crippen LogP contribution in [-0.2, 0) is 4.79 Å². The number of benzene rings is 2. The van der Waals surface area contributed by atoms with Gasteiger partial charge in [0, 0.05) is 17.3 Å². The van der Waals surface area contributed by atoms with E-state index in [2.05, 4.69) is 12.3 Å². The van der Waals surface area contributed by atoms with Gasteiger partial charge < -0.3 is 4.74 Å². The maximum Gasteiger partial charge on any atom is 0.409 e. The number of rotatable bonds is 8. The minimum atomic E-state index is -4.56. The first-order valence-corrected chi connectivity index (χ1v) is 10.4. The van der Waals surface area contributed by atoms with Crippen molar-refractivity contribution in [1.82, 2.24) is 10.4 Å². The molecular weight excluding hydrogens is 393 g/mol. The smallest absolute Gasteiger partial charge is 0.409 e. The van der Waals surface area contributed by atoms with Crippen LogP contribution in [0.15, 0.2) is 36.4 Å². The number of hydrazine groups is 1. The number of alkyl halides is 3. The van der Waals surface area contributed by atoms with E-state index in [0.717, 1.165) is 36.1 Å². The topological polar surface area (TPSA) is 41.6 Å². The molecule has 0 radical (unpaired) electrons. The predicted molar refractivity (Wildman–Crippen MR) is 111 cm³/mol. The first-order valence-electron chi connectivity index (χ1n) is 10.4. The first-order chi connectivity index (χ1) is 14.1. The van der Waals surface area contributed by atoms with E-state index in [4.69, 9.17) is 4.74 Å². The van der Waals surface area contributed by atoms with Crippen LogP contribution >= 0.6 is 0 Å². The van der Waals surface area contributed by atoms with Gasteiger partial charge in [0.2, 0.25) is 5.91 Å². The van der Waals surface area contributed by atoms with Gasteiger partial charge in [0.15, 0.2) is 6.04 Å². The van der Waals surface area contributed by atoms with Crippen LogP contribution in [0.2, 0.25) is 0 Å². The summed E-state index contributed by atoms with van der Waals surface area (Å²) in [6, 6.07) is 8.23. The van der Waals surface area contributed by atoms with Crippen LogP contribution in [0, 0.1) is 0 Å². The SMILES string of the molecule is CCCCCCOc1cccc2ccc(C(N3NC(=O)CC3(C)C)C(F)(F)F)cc12. The molecular formula is C23H29F3N2O2. The molecule has 4 nitrogen and oxygen atoms in total. The van der Waals surface area contributed by atoms with E-state index in [-0.39, 0.29) is 12.0 Å². The molecule has 1 fully saturated rings. The van der Waals surface area contributed by atoms with Crippen molar-refractivity contribution in [1.29, 1.82) is 0 Å². The zero-order chi connectivity index (χ0) is 21.9. The molecule has 1 N–H and O–H groups in total. The fraction of sp³-hybridized carbons (Fsp3) is 0.522. The predicted octanol–water partition coefficient (Wildman–Crippen LogP) is 5.92. The Kier molecular flexibility index (Phi) is 6.60. The Morgan fingerprint density at radius 1 is 1.17 bits per heavy atom. The maximum absolute atomic E-state index is 14.1. The highest BCUT2D eigenvalue weighted by atomic mass is 19.4. The number of halogens is 3. The number of unbranched alkanes of at least 4 members (excludes halogenated alkanes) is 3. The monoisotopic (exact) mass is 422 g/mol. The molecule has 1 atom stereocenters. The molecule has 2 aromatic rings. The van der Waals surface area contributed by atoms with Crippen molar-refractivity contribution in [3.63, 3.8) is 0 Å². The molecule has 1 saturated heterocycles. The van der Waals surface area contributed by atoms with Gasteiger partial charge in [-0.25, -0.2) is 0 Å². The van der Waals surface area contributed by atoms with Gasteiger partial charge in [-0.2, -0.15) is 18.2 Å². The van der Waals surface area contributed by atoms with Gasteiger partial charge in [-0.05, 0) is 43.4 Å². The summed E-state index contributed by atoms with van der Waals surface area (Å²) in [4.78, 5) is 11.9. The van der Waals surface area contributed by atoms with Gasteiger partial charge in [0.05, 0.1) is 6.61 Å². The molecule has 2 aromatic carbocycles. The number of nitrogens with one attached hydrogen (secondary N) is 1. The van der Waals surface area contributed by atoms with E-state index in [0.29, 0.717) is 17.7 Å². The van der Waals surface area contributed by atoms with Crippen LogP contribution in [0.5, 0.6) is 5.75 Å². The largest absolute Gasteiger partial charge is 0.493 e. The van der Waals surface area contributed by atoms with E-state index in [9.17, 15) is 18.0 Å². The molecule has 1 heterocycles. The van der Waals surface area contributed by atoms with Crippen LogP contribution in [0.4, 0.5) is 13.2 Å². The Balaban J connectivity index is 1.95. The summed E-state index contributed by atoms with van der Waals surface area (Å²) in [6.07, 6.45) is -0.319. The molecule has 3 rings (SSSR count). The number of carbonyl (C=O) groups is 1. The maximum atomic E-state index is 14.1. The second-order valence-corrected chi connectivity index (χ2v) is 8.48. The van der Waals surface area contributed by atoms with Gasteiger partial charge in [-0.1, -0.05) is 50.5 Å². The second kappa shape index (κ2) is 8.84. The van der Waals surface area contributed by atoms with Gasteiger partial charge in [-0.3, -0.25) is 10.2 Å². The third kappa shape index (κ3) is 4.89. The van der Waals surface area contributed by atoms with Crippen LogP contribution in [0.3, 0.4) is 0 Å².